The van der Waals surface area contributed by atoms with Crippen LogP contribution < -0.4 is 4.90 Å². The van der Waals surface area contributed by atoms with Crippen molar-refractivity contribution in [3.8, 4) is 0 Å². The molecule has 124 valence electrons. The zero-order chi connectivity index (χ0) is 16.5. The molecule has 2 aromatic heterocycles. The lowest BCUT2D eigenvalue weighted by atomic mass is 10.2. The Labute approximate surface area is 145 Å². The number of nitrogens with zero attached hydrogens (tertiary/aromatic N) is 4. The van der Waals surface area contributed by atoms with Gasteiger partial charge in [-0.2, -0.15) is 0 Å². The second-order valence-electron chi connectivity index (χ2n) is 6.08. The van der Waals surface area contributed by atoms with E-state index in [0.29, 0.717) is 5.02 Å². The Morgan fingerprint density at radius 1 is 0.958 bits per heavy atom. The quantitative estimate of drug-likeness (QED) is 0.727. The molecule has 1 aliphatic heterocycles. The molecule has 0 N–H and O–H groups in total. The Morgan fingerprint density at radius 3 is 2.46 bits per heavy atom. The number of hydrogen-bond acceptors (Lipinski definition) is 3. The van der Waals surface area contributed by atoms with E-state index in [9.17, 15) is 4.39 Å². The van der Waals surface area contributed by atoms with Crippen LogP contribution in [0.25, 0.3) is 5.65 Å². The van der Waals surface area contributed by atoms with Gasteiger partial charge in [-0.05, 0) is 36.4 Å². The number of aromatic nitrogens is 2. The minimum Gasteiger partial charge on any atom is -0.369 e. The summed E-state index contributed by atoms with van der Waals surface area (Å²) < 4.78 is 15.0. The molecule has 1 aromatic carbocycles. The Bertz CT molecular complexity index is 838. The first-order valence-corrected chi connectivity index (χ1v) is 8.41. The lowest BCUT2D eigenvalue weighted by Gasteiger charge is -2.35. The summed E-state index contributed by atoms with van der Waals surface area (Å²) in [7, 11) is 0. The molecule has 4 nitrogen and oxygen atoms in total. The molecule has 1 aliphatic rings. The molecule has 3 aromatic rings. The first-order chi connectivity index (χ1) is 11.7. The topological polar surface area (TPSA) is 23.8 Å². The molecule has 1 fully saturated rings. The highest BCUT2D eigenvalue weighted by Gasteiger charge is 2.18. The standard InChI is InChI=1S/C18H18ClFN4/c19-14-1-6-18-21-16(13-24(18)11-14)12-22-7-9-23(10-8-22)17-4-2-15(20)3-5-17/h1-6,11,13H,7-10,12H2. The number of rotatable bonds is 3. The molecule has 1 saturated heterocycles. The van der Waals surface area contributed by atoms with Crippen LogP contribution in [0.1, 0.15) is 5.69 Å². The molecule has 4 rings (SSSR count). The summed E-state index contributed by atoms with van der Waals surface area (Å²) in [6.45, 7) is 4.63. The maximum Gasteiger partial charge on any atom is 0.137 e. The number of pyridine rings is 1. The maximum atomic E-state index is 13.0. The van der Waals surface area contributed by atoms with Gasteiger partial charge >= 0.3 is 0 Å². The van der Waals surface area contributed by atoms with Gasteiger partial charge < -0.3 is 9.30 Å². The van der Waals surface area contributed by atoms with Crippen molar-refractivity contribution in [2.45, 2.75) is 6.54 Å². The fourth-order valence-corrected chi connectivity index (χ4v) is 3.31. The molecule has 0 aliphatic carbocycles. The molecule has 0 radical (unpaired) electrons. The summed E-state index contributed by atoms with van der Waals surface area (Å²) in [5.41, 5.74) is 3.05. The molecule has 0 bridgehead atoms. The van der Waals surface area contributed by atoms with Gasteiger partial charge in [0.1, 0.15) is 11.5 Å². The molecular weight excluding hydrogens is 327 g/mol. The number of piperazine rings is 1. The Morgan fingerprint density at radius 2 is 1.71 bits per heavy atom. The first-order valence-electron chi connectivity index (χ1n) is 8.03. The Balaban J connectivity index is 1.39. The SMILES string of the molecule is Fc1ccc(N2CCN(Cc3cn4cc(Cl)ccc4n3)CC2)cc1. The van der Waals surface area contributed by atoms with E-state index in [4.69, 9.17) is 11.6 Å². The predicted octanol–water partition coefficient (Wildman–Crippen LogP) is 3.45. The van der Waals surface area contributed by atoms with Crippen LogP contribution >= 0.6 is 11.6 Å². The average molecular weight is 345 g/mol. The van der Waals surface area contributed by atoms with Crippen LogP contribution in [0.15, 0.2) is 48.8 Å². The van der Waals surface area contributed by atoms with Crippen LogP contribution in [0.4, 0.5) is 10.1 Å². The fourth-order valence-electron chi connectivity index (χ4n) is 3.14. The second-order valence-corrected chi connectivity index (χ2v) is 6.52. The van der Waals surface area contributed by atoms with Crippen LogP contribution in [0.5, 0.6) is 0 Å². The first kappa shape index (κ1) is 15.4. The van der Waals surface area contributed by atoms with Crippen molar-refractivity contribution in [3.05, 3.63) is 65.3 Å². The highest BCUT2D eigenvalue weighted by atomic mass is 35.5. The third-order valence-electron chi connectivity index (χ3n) is 4.41. The van der Waals surface area contributed by atoms with Crippen LogP contribution in [-0.2, 0) is 6.54 Å². The molecule has 0 unspecified atom stereocenters. The van der Waals surface area contributed by atoms with Crippen LogP contribution in [-0.4, -0.2) is 40.5 Å². The van der Waals surface area contributed by atoms with Gasteiger partial charge in [0.2, 0.25) is 0 Å². The van der Waals surface area contributed by atoms with Gasteiger partial charge in [0.25, 0.3) is 0 Å². The average Bonchev–Trinajstić information content (AvgIpc) is 2.98. The largest absolute Gasteiger partial charge is 0.369 e. The number of benzene rings is 1. The van der Waals surface area contributed by atoms with Crippen LogP contribution in [0.2, 0.25) is 5.02 Å². The molecular formula is C18H18ClFN4. The highest BCUT2D eigenvalue weighted by molar-refractivity contribution is 6.30. The van der Waals surface area contributed by atoms with Crippen molar-refractivity contribution in [2.24, 2.45) is 0 Å². The van der Waals surface area contributed by atoms with Crippen molar-refractivity contribution < 1.29 is 4.39 Å². The van der Waals surface area contributed by atoms with Gasteiger partial charge in [-0.3, -0.25) is 4.90 Å². The van der Waals surface area contributed by atoms with Gasteiger partial charge in [0.05, 0.1) is 10.7 Å². The third-order valence-corrected chi connectivity index (χ3v) is 4.64. The van der Waals surface area contributed by atoms with Crippen molar-refractivity contribution in [2.75, 3.05) is 31.1 Å². The van der Waals surface area contributed by atoms with E-state index in [0.717, 1.165) is 49.8 Å². The lowest BCUT2D eigenvalue weighted by Crippen LogP contribution is -2.46. The Hall–Kier alpha value is -2.11. The number of fused-ring (bicyclic) bond motifs is 1. The van der Waals surface area contributed by atoms with Gasteiger partial charge in [0, 0.05) is 50.8 Å². The lowest BCUT2D eigenvalue weighted by molar-refractivity contribution is 0.247. The number of hydrogen-bond donors (Lipinski definition) is 0. The van der Waals surface area contributed by atoms with Gasteiger partial charge in [-0.25, -0.2) is 9.37 Å². The van der Waals surface area contributed by atoms with Gasteiger partial charge in [-0.15, -0.1) is 0 Å². The summed E-state index contributed by atoms with van der Waals surface area (Å²) in [4.78, 5) is 9.33. The van der Waals surface area contributed by atoms with E-state index in [-0.39, 0.29) is 5.82 Å². The molecule has 24 heavy (non-hydrogen) atoms. The van der Waals surface area contributed by atoms with Crippen molar-refractivity contribution in [1.29, 1.82) is 0 Å². The summed E-state index contributed by atoms with van der Waals surface area (Å²) in [5.74, 6) is -0.190. The van der Waals surface area contributed by atoms with Crippen molar-refractivity contribution in [1.82, 2.24) is 14.3 Å². The van der Waals surface area contributed by atoms with Crippen molar-refractivity contribution >= 4 is 22.9 Å². The van der Waals surface area contributed by atoms with Crippen LogP contribution in [0, 0.1) is 5.82 Å². The van der Waals surface area contributed by atoms with Crippen molar-refractivity contribution in [3.63, 3.8) is 0 Å². The monoisotopic (exact) mass is 344 g/mol. The predicted molar refractivity (Wildman–Crippen MR) is 94.1 cm³/mol. The molecule has 3 heterocycles. The minimum absolute atomic E-state index is 0.190. The summed E-state index contributed by atoms with van der Waals surface area (Å²) in [5, 5.41) is 0.708. The normalized spacial score (nSPS) is 16.0. The number of anilines is 1. The van der Waals surface area contributed by atoms with E-state index >= 15 is 0 Å². The van der Waals surface area contributed by atoms with Crippen LogP contribution in [0.3, 0.4) is 0 Å². The van der Waals surface area contributed by atoms with E-state index in [2.05, 4.69) is 14.8 Å². The second kappa shape index (κ2) is 6.42. The number of halogens is 2. The minimum atomic E-state index is -0.190. The third kappa shape index (κ3) is 3.23. The molecule has 0 atom stereocenters. The fraction of sp³-hybridized carbons (Fsp3) is 0.278. The van der Waals surface area contributed by atoms with E-state index in [1.165, 1.54) is 12.1 Å². The smallest absolute Gasteiger partial charge is 0.137 e. The molecule has 6 heteroatoms. The van der Waals surface area contributed by atoms with Gasteiger partial charge in [-0.1, -0.05) is 11.6 Å². The van der Waals surface area contributed by atoms with E-state index in [1.807, 2.05) is 41.1 Å². The number of imidazole rings is 1. The molecule has 0 spiro atoms. The molecule has 0 amide bonds. The summed E-state index contributed by atoms with van der Waals surface area (Å²) in [6.07, 6.45) is 3.91. The zero-order valence-corrected chi connectivity index (χ0v) is 14.0. The highest BCUT2D eigenvalue weighted by Crippen LogP contribution is 2.18. The Kier molecular flexibility index (Phi) is 4.12. The van der Waals surface area contributed by atoms with Gasteiger partial charge in [0.15, 0.2) is 0 Å². The summed E-state index contributed by atoms with van der Waals surface area (Å²) in [6, 6.07) is 10.5. The molecule has 0 saturated carbocycles. The zero-order valence-electron chi connectivity index (χ0n) is 13.2. The maximum absolute atomic E-state index is 13.0. The summed E-state index contributed by atoms with van der Waals surface area (Å²) >= 11 is 6.02. The van der Waals surface area contributed by atoms with E-state index in [1.54, 1.807) is 0 Å². The van der Waals surface area contributed by atoms with E-state index < -0.39 is 0 Å².